The minimum absolute atomic E-state index is 0.178. The van der Waals surface area contributed by atoms with Crippen LogP contribution in [0.25, 0.3) is 4.98 Å². The maximum atomic E-state index is 10.4. The first-order valence-electron chi connectivity index (χ1n) is 5.46. The summed E-state index contributed by atoms with van der Waals surface area (Å²) in [5.41, 5.74) is 1.52. The predicted molar refractivity (Wildman–Crippen MR) is 83.0 cm³/mol. The molecule has 2 aromatic rings. The second kappa shape index (κ2) is 7.33. The lowest BCUT2D eigenvalue weighted by Gasteiger charge is -2.05. The van der Waals surface area contributed by atoms with Gasteiger partial charge in [0.25, 0.3) is 0 Å². The van der Waals surface area contributed by atoms with Crippen LogP contribution in [0.4, 0.5) is 5.69 Å². The van der Waals surface area contributed by atoms with Crippen LogP contribution in [0.1, 0.15) is 5.56 Å². The van der Waals surface area contributed by atoms with Crippen molar-refractivity contribution < 1.29 is 13.0 Å². The second-order valence-corrected chi connectivity index (χ2v) is 6.47. The number of halogens is 1. The zero-order chi connectivity index (χ0) is 15.2. The molecule has 5 nitrogen and oxygen atoms in total. The summed E-state index contributed by atoms with van der Waals surface area (Å²) in [5.74, 6) is 0. The van der Waals surface area contributed by atoms with Gasteiger partial charge in [-0.2, -0.15) is 0 Å². The van der Waals surface area contributed by atoms with E-state index in [0.29, 0.717) is 5.69 Å². The van der Waals surface area contributed by atoms with Gasteiger partial charge in [-0.1, -0.05) is 17.7 Å². The Morgan fingerprint density at radius 3 is 1.95 bits per heavy atom. The van der Waals surface area contributed by atoms with Crippen LogP contribution >= 0.6 is 22.6 Å². The van der Waals surface area contributed by atoms with Crippen molar-refractivity contribution in [3.05, 3.63) is 62.6 Å². The molecule has 0 radical (unpaired) electrons. The third-order valence-electron chi connectivity index (χ3n) is 2.25. The average molecular weight is 402 g/mol. The van der Waals surface area contributed by atoms with Crippen LogP contribution in [0.2, 0.25) is 0 Å². The lowest BCUT2D eigenvalue weighted by atomic mass is 10.2. The molecule has 0 spiro atoms. The van der Waals surface area contributed by atoms with E-state index in [-0.39, 0.29) is 4.90 Å². The topological polar surface area (TPSA) is 85.4 Å². The fraction of sp³-hybridized carbons (Fsp3) is 0.0769. The molecule has 2 rings (SSSR count). The Bertz CT molecular complexity index is 705. The van der Waals surface area contributed by atoms with Crippen molar-refractivity contribution in [1.29, 1.82) is 5.39 Å². The minimum atomic E-state index is -4.27. The molecule has 0 aliphatic rings. The van der Waals surface area contributed by atoms with E-state index in [2.05, 4.69) is 27.6 Å². The van der Waals surface area contributed by atoms with Crippen LogP contribution in [0.3, 0.4) is 0 Å². The maximum absolute atomic E-state index is 10.4. The average Bonchev–Trinajstić information content (AvgIpc) is 2.40. The van der Waals surface area contributed by atoms with E-state index in [9.17, 15) is 13.0 Å². The molecule has 20 heavy (non-hydrogen) atoms. The van der Waals surface area contributed by atoms with Crippen molar-refractivity contribution in [2.45, 2.75) is 11.8 Å². The second-order valence-electron chi connectivity index (χ2n) is 3.84. The fourth-order valence-electron chi connectivity index (χ4n) is 1.21. The lowest BCUT2D eigenvalue weighted by Crippen LogP contribution is -1.97. The molecule has 0 atom stereocenters. The van der Waals surface area contributed by atoms with Crippen molar-refractivity contribution >= 4 is 38.4 Å². The molecule has 0 heterocycles. The number of benzene rings is 2. The molecule has 2 aromatic carbocycles. The van der Waals surface area contributed by atoms with Gasteiger partial charge in [0.2, 0.25) is 5.39 Å². The highest BCUT2D eigenvalue weighted by Crippen LogP contribution is 2.13. The molecule has 7 heteroatoms. The number of hydrogen-bond acceptors (Lipinski definition) is 4. The van der Waals surface area contributed by atoms with Crippen LogP contribution in [0.5, 0.6) is 0 Å². The van der Waals surface area contributed by atoms with Gasteiger partial charge in [-0.05, 0) is 53.8 Å². The molecule has 0 fully saturated rings. The first-order chi connectivity index (χ1) is 9.32. The Kier molecular flexibility index (Phi) is 6.06. The Morgan fingerprint density at radius 2 is 1.55 bits per heavy atom. The van der Waals surface area contributed by atoms with Gasteiger partial charge in [0.05, 0.1) is 4.90 Å². The predicted octanol–water partition coefficient (Wildman–Crippen LogP) is 3.67. The van der Waals surface area contributed by atoms with Crippen LogP contribution in [0.15, 0.2) is 53.4 Å². The van der Waals surface area contributed by atoms with Crippen LogP contribution in [-0.4, -0.2) is 13.0 Å². The Balaban J connectivity index is 0.000000204. The quantitative estimate of drug-likeness (QED) is 0.414. The Morgan fingerprint density at radius 1 is 1.05 bits per heavy atom. The highest BCUT2D eigenvalue weighted by molar-refractivity contribution is 14.1. The molecule has 0 aliphatic heterocycles. The summed E-state index contributed by atoms with van der Waals surface area (Å²) in [6, 6.07) is 13.1. The molecule has 0 aromatic heterocycles. The summed E-state index contributed by atoms with van der Waals surface area (Å²) in [6.45, 7) is 1.82. The molecule has 0 saturated carbocycles. The molecule has 0 aliphatic carbocycles. The Hall–Kier alpha value is -1.50. The standard InChI is InChI=1S/C7H8O3S.C6H4IN2/c1-6-2-4-7(5-3-6)11(8,9)10;7-5-1-3-6(9-8)4-2-5/h2-5H,1H3,(H,8,9,10);1-4H/q;+1/p-1. The number of rotatable bonds is 1. The van der Waals surface area contributed by atoms with Crippen LogP contribution in [-0.2, 0) is 10.1 Å². The number of aryl methyl sites for hydroxylation is 1. The lowest BCUT2D eigenvalue weighted by molar-refractivity contribution is 0.463. The SMILES string of the molecule is Cc1ccc(S(=O)(=O)[O-])cc1.N#[N+]c1ccc(I)cc1. The summed E-state index contributed by atoms with van der Waals surface area (Å²) in [4.78, 5) is 2.83. The zero-order valence-corrected chi connectivity index (χ0v) is 13.5. The Labute approximate surface area is 131 Å². The van der Waals surface area contributed by atoms with E-state index in [1.807, 2.05) is 19.1 Å². The molecule has 0 bridgehead atoms. The molecule has 0 N–H and O–H groups in total. The van der Waals surface area contributed by atoms with Crippen molar-refractivity contribution in [3.63, 3.8) is 0 Å². The van der Waals surface area contributed by atoms with Gasteiger partial charge >= 0.3 is 5.69 Å². The van der Waals surface area contributed by atoms with E-state index < -0.39 is 10.1 Å². The highest BCUT2D eigenvalue weighted by Gasteiger charge is 1.99. The molecular formula is C13H11IN2O3S. The smallest absolute Gasteiger partial charge is 0.385 e. The van der Waals surface area contributed by atoms with Gasteiger partial charge in [0, 0.05) is 15.7 Å². The molecular weight excluding hydrogens is 391 g/mol. The van der Waals surface area contributed by atoms with Crippen molar-refractivity contribution in [2.24, 2.45) is 0 Å². The van der Waals surface area contributed by atoms with E-state index in [1.165, 1.54) is 12.1 Å². The number of hydrogen-bond donors (Lipinski definition) is 0. The van der Waals surface area contributed by atoms with Gasteiger partial charge in [-0.3, -0.25) is 0 Å². The third kappa shape index (κ3) is 5.64. The summed E-state index contributed by atoms with van der Waals surface area (Å²) in [6.07, 6.45) is 0. The summed E-state index contributed by atoms with van der Waals surface area (Å²) in [7, 11) is -4.27. The van der Waals surface area contributed by atoms with Crippen LogP contribution < -0.4 is 0 Å². The van der Waals surface area contributed by atoms with Gasteiger partial charge in [-0.25, -0.2) is 8.42 Å². The number of diazo groups is 1. The largest absolute Gasteiger partial charge is 0.744 e. The molecule has 0 amide bonds. The van der Waals surface area contributed by atoms with Crippen molar-refractivity contribution in [1.82, 2.24) is 0 Å². The summed E-state index contributed by atoms with van der Waals surface area (Å²) >= 11 is 2.19. The minimum Gasteiger partial charge on any atom is -0.744 e. The zero-order valence-electron chi connectivity index (χ0n) is 10.5. The van der Waals surface area contributed by atoms with Gasteiger partial charge in [0.15, 0.2) is 4.98 Å². The van der Waals surface area contributed by atoms with E-state index in [1.54, 1.807) is 24.3 Å². The summed E-state index contributed by atoms with van der Waals surface area (Å²) < 4.78 is 32.3. The van der Waals surface area contributed by atoms with Crippen molar-refractivity contribution in [3.8, 4) is 0 Å². The van der Waals surface area contributed by atoms with Gasteiger partial charge in [0.1, 0.15) is 10.1 Å². The highest BCUT2D eigenvalue weighted by atomic mass is 127. The van der Waals surface area contributed by atoms with Crippen molar-refractivity contribution in [2.75, 3.05) is 0 Å². The third-order valence-corrected chi connectivity index (χ3v) is 3.82. The number of nitrogens with zero attached hydrogens (tertiary/aromatic N) is 2. The normalized spacial score (nSPS) is 10.1. The molecule has 0 unspecified atom stereocenters. The first kappa shape index (κ1) is 16.6. The monoisotopic (exact) mass is 402 g/mol. The first-order valence-corrected chi connectivity index (χ1v) is 7.95. The fourth-order valence-corrected chi connectivity index (χ4v) is 2.04. The van der Waals surface area contributed by atoms with E-state index >= 15 is 0 Å². The molecule has 104 valence electrons. The van der Waals surface area contributed by atoms with Gasteiger partial charge < -0.3 is 4.55 Å². The maximum Gasteiger partial charge on any atom is 0.385 e. The van der Waals surface area contributed by atoms with E-state index in [4.69, 9.17) is 5.39 Å². The summed E-state index contributed by atoms with van der Waals surface area (Å²) in [5, 5.41) is 8.25. The van der Waals surface area contributed by atoms with Gasteiger partial charge in [-0.15, -0.1) is 0 Å². The van der Waals surface area contributed by atoms with Crippen LogP contribution in [0, 0.1) is 15.9 Å². The molecule has 0 saturated heterocycles. The van der Waals surface area contributed by atoms with E-state index in [0.717, 1.165) is 9.13 Å².